The van der Waals surface area contributed by atoms with Gasteiger partial charge < -0.3 is 10.6 Å². The number of carbonyl (C=O) groups is 1. The number of hydrogen-bond acceptors (Lipinski definition) is 4. The van der Waals surface area contributed by atoms with E-state index in [0.29, 0.717) is 24.1 Å². The van der Waals surface area contributed by atoms with Gasteiger partial charge in [-0.25, -0.2) is 9.97 Å². The monoisotopic (exact) mass is 282 g/mol. The number of nitrogens with one attached hydrogen (secondary N) is 2. The first kappa shape index (κ1) is 13.5. The lowest BCUT2D eigenvalue weighted by molar-refractivity contribution is 0.0950. The minimum Gasteiger partial charge on any atom is -0.350 e. The van der Waals surface area contributed by atoms with E-state index in [1.165, 1.54) is 11.1 Å². The zero-order valence-corrected chi connectivity index (χ0v) is 12.0. The molecule has 2 N–H and O–H groups in total. The lowest BCUT2D eigenvalue weighted by Crippen LogP contribution is -2.25. The van der Waals surface area contributed by atoms with Crippen LogP contribution in [0, 0.1) is 6.92 Å². The molecule has 0 unspecified atom stereocenters. The van der Waals surface area contributed by atoms with E-state index >= 15 is 0 Å². The molecule has 1 aromatic carbocycles. The van der Waals surface area contributed by atoms with E-state index < -0.39 is 0 Å². The van der Waals surface area contributed by atoms with Crippen LogP contribution in [0.15, 0.2) is 36.7 Å². The van der Waals surface area contributed by atoms with Crippen LogP contribution in [0.3, 0.4) is 0 Å². The van der Waals surface area contributed by atoms with E-state index in [4.69, 9.17) is 0 Å². The zero-order valence-electron chi connectivity index (χ0n) is 12.0. The Bertz CT molecular complexity index is 618. The van der Waals surface area contributed by atoms with Gasteiger partial charge in [0.15, 0.2) is 0 Å². The Labute approximate surface area is 123 Å². The maximum absolute atomic E-state index is 11.8. The summed E-state index contributed by atoms with van der Waals surface area (Å²) in [4.78, 5) is 20.2. The van der Waals surface area contributed by atoms with Crippen molar-refractivity contribution in [3.05, 3.63) is 53.3 Å². The van der Waals surface area contributed by atoms with Crippen molar-refractivity contribution in [2.45, 2.75) is 32.4 Å². The second-order valence-corrected chi connectivity index (χ2v) is 5.38. The average molecular weight is 282 g/mol. The smallest absolute Gasteiger partial charge is 0.254 e. The molecule has 1 aliphatic rings. The fourth-order valence-corrected chi connectivity index (χ4v) is 1.92. The van der Waals surface area contributed by atoms with E-state index in [0.717, 1.165) is 12.8 Å². The van der Waals surface area contributed by atoms with Crippen LogP contribution >= 0.6 is 0 Å². The predicted molar refractivity (Wildman–Crippen MR) is 81.0 cm³/mol. The highest BCUT2D eigenvalue weighted by molar-refractivity contribution is 5.94. The van der Waals surface area contributed by atoms with Gasteiger partial charge in [-0.2, -0.15) is 0 Å². The van der Waals surface area contributed by atoms with E-state index in [-0.39, 0.29) is 5.91 Å². The topological polar surface area (TPSA) is 66.9 Å². The number of rotatable bonds is 5. The van der Waals surface area contributed by atoms with Crippen LogP contribution in [0.1, 0.15) is 34.3 Å². The molecule has 3 rings (SSSR count). The summed E-state index contributed by atoms with van der Waals surface area (Å²) in [6.07, 6.45) is 5.26. The molecule has 0 spiro atoms. The number of carbonyl (C=O) groups excluding carboxylic acids is 1. The van der Waals surface area contributed by atoms with Gasteiger partial charge in [0.05, 0.1) is 5.56 Å². The first-order chi connectivity index (χ1) is 10.2. The Morgan fingerprint density at radius 2 is 1.86 bits per heavy atom. The van der Waals surface area contributed by atoms with E-state index in [2.05, 4.69) is 51.8 Å². The zero-order chi connectivity index (χ0) is 14.7. The lowest BCUT2D eigenvalue weighted by Gasteiger charge is -2.06. The maximum atomic E-state index is 11.8. The van der Waals surface area contributed by atoms with Crippen molar-refractivity contribution < 1.29 is 4.79 Å². The molecule has 0 radical (unpaired) electrons. The van der Waals surface area contributed by atoms with E-state index in [1.54, 1.807) is 12.4 Å². The minimum absolute atomic E-state index is 0.0948. The normalized spacial score (nSPS) is 13.8. The number of nitrogens with zero attached hydrogens (tertiary/aromatic N) is 2. The number of anilines is 1. The van der Waals surface area contributed by atoms with Crippen LogP contribution in [0.4, 0.5) is 5.95 Å². The molecule has 1 heterocycles. The molecule has 1 fully saturated rings. The number of aryl methyl sites for hydroxylation is 1. The lowest BCUT2D eigenvalue weighted by atomic mass is 10.1. The highest BCUT2D eigenvalue weighted by Gasteiger charge is 2.23. The summed E-state index contributed by atoms with van der Waals surface area (Å²) in [5, 5.41) is 6.06. The standard InChI is InChI=1S/C16H18N4O/c1-11-2-4-12(5-3-11)8-17-16-18-9-13(10-19-16)15(21)20-14-6-7-14/h2-5,9-10,14H,6-8H2,1H3,(H,20,21)(H,17,18,19). The van der Waals surface area contributed by atoms with Crippen LogP contribution in [0.25, 0.3) is 0 Å². The number of benzene rings is 1. The summed E-state index contributed by atoms with van der Waals surface area (Å²) < 4.78 is 0. The molecule has 5 heteroatoms. The minimum atomic E-state index is -0.0948. The summed E-state index contributed by atoms with van der Waals surface area (Å²) in [5.74, 6) is 0.432. The van der Waals surface area contributed by atoms with Gasteiger partial charge in [0.25, 0.3) is 5.91 Å². The molecular weight excluding hydrogens is 264 g/mol. The molecule has 2 aromatic rings. The second-order valence-electron chi connectivity index (χ2n) is 5.38. The van der Waals surface area contributed by atoms with Gasteiger partial charge in [-0.15, -0.1) is 0 Å². The number of aromatic nitrogens is 2. The second kappa shape index (κ2) is 5.91. The molecule has 1 saturated carbocycles. The molecule has 1 amide bonds. The largest absolute Gasteiger partial charge is 0.350 e. The Kier molecular flexibility index (Phi) is 3.81. The molecule has 108 valence electrons. The van der Waals surface area contributed by atoms with Crippen molar-refractivity contribution in [3.8, 4) is 0 Å². The first-order valence-electron chi connectivity index (χ1n) is 7.13. The average Bonchev–Trinajstić information content (AvgIpc) is 3.31. The summed E-state index contributed by atoms with van der Waals surface area (Å²) in [5.41, 5.74) is 2.91. The quantitative estimate of drug-likeness (QED) is 0.883. The summed E-state index contributed by atoms with van der Waals surface area (Å²) in [6.45, 7) is 2.72. The highest BCUT2D eigenvalue weighted by atomic mass is 16.1. The Balaban J connectivity index is 1.56. The van der Waals surface area contributed by atoms with Gasteiger partial charge >= 0.3 is 0 Å². The Morgan fingerprint density at radius 1 is 1.19 bits per heavy atom. The van der Waals surface area contributed by atoms with Crippen molar-refractivity contribution in [1.82, 2.24) is 15.3 Å². The van der Waals surface area contributed by atoms with Gasteiger partial charge in [0.1, 0.15) is 0 Å². The van der Waals surface area contributed by atoms with Gasteiger partial charge in [0.2, 0.25) is 5.95 Å². The molecule has 5 nitrogen and oxygen atoms in total. The third kappa shape index (κ3) is 3.78. The van der Waals surface area contributed by atoms with Crippen molar-refractivity contribution in [2.24, 2.45) is 0 Å². The highest BCUT2D eigenvalue weighted by Crippen LogP contribution is 2.19. The number of amides is 1. The van der Waals surface area contributed by atoms with Crippen molar-refractivity contribution >= 4 is 11.9 Å². The fraction of sp³-hybridized carbons (Fsp3) is 0.312. The van der Waals surface area contributed by atoms with Crippen molar-refractivity contribution in [2.75, 3.05) is 5.32 Å². The van der Waals surface area contributed by atoms with Gasteiger partial charge in [0, 0.05) is 25.0 Å². The Hall–Kier alpha value is -2.43. The molecule has 21 heavy (non-hydrogen) atoms. The van der Waals surface area contributed by atoms with Gasteiger partial charge in [-0.05, 0) is 25.3 Å². The fourth-order valence-electron chi connectivity index (χ4n) is 1.92. The van der Waals surface area contributed by atoms with Gasteiger partial charge in [-0.3, -0.25) is 4.79 Å². The third-order valence-corrected chi connectivity index (χ3v) is 3.40. The van der Waals surface area contributed by atoms with E-state index in [1.807, 2.05) is 0 Å². The van der Waals surface area contributed by atoms with Crippen LogP contribution < -0.4 is 10.6 Å². The van der Waals surface area contributed by atoms with Crippen LogP contribution in [-0.4, -0.2) is 21.9 Å². The van der Waals surface area contributed by atoms with Crippen LogP contribution in [-0.2, 0) is 6.54 Å². The molecule has 0 atom stereocenters. The molecule has 0 bridgehead atoms. The molecule has 1 aromatic heterocycles. The van der Waals surface area contributed by atoms with Crippen LogP contribution in [0.2, 0.25) is 0 Å². The van der Waals surface area contributed by atoms with Crippen LogP contribution in [0.5, 0.6) is 0 Å². The number of hydrogen-bond donors (Lipinski definition) is 2. The molecule has 0 saturated heterocycles. The predicted octanol–water partition coefficient (Wildman–Crippen LogP) is 2.29. The Morgan fingerprint density at radius 3 is 2.48 bits per heavy atom. The summed E-state index contributed by atoms with van der Waals surface area (Å²) in [6, 6.07) is 8.63. The summed E-state index contributed by atoms with van der Waals surface area (Å²) in [7, 11) is 0. The maximum Gasteiger partial charge on any atom is 0.254 e. The van der Waals surface area contributed by atoms with Crippen molar-refractivity contribution in [1.29, 1.82) is 0 Å². The van der Waals surface area contributed by atoms with E-state index in [9.17, 15) is 4.79 Å². The SMILES string of the molecule is Cc1ccc(CNc2ncc(C(=O)NC3CC3)cn2)cc1. The first-order valence-corrected chi connectivity index (χ1v) is 7.13. The van der Waals surface area contributed by atoms with Gasteiger partial charge in [-0.1, -0.05) is 29.8 Å². The molecule has 0 aliphatic heterocycles. The molecular formula is C16H18N4O. The van der Waals surface area contributed by atoms with Crippen molar-refractivity contribution in [3.63, 3.8) is 0 Å². The molecule has 1 aliphatic carbocycles. The third-order valence-electron chi connectivity index (χ3n) is 3.40. The summed E-state index contributed by atoms with van der Waals surface area (Å²) >= 11 is 0.